The van der Waals surface area contributed by atoms with Gasteiger partial charge in [-0.2, -0.15) is 0 Å². The quantitative estimate of drug-likeness (QED) is 0.799. The molecule has 1 spiro atoms. The lowest BCUT2D eigenvalue weighted by molar-refractivity contribution is -0.138. The molecule has 3 rings (SSSR count). The van der Waals surface area contributed by atoms with Crippen LogP contribution < -0.4 is 4.90 Å². The number of amides is 1. The first-order chi connectivity index (χ1) is 9.81. The number of halogens is 3. The lowest BCUT2D eigenvalue weighted by Crippen LogP contribution is -2.46. The average Bonchev–Trinajstić information content (AvgIpc) is 2.65. The van der Waals surface area contributed by atoms with Crippen molar-refractivity contribution in [3.05, 3.63) is 29.9 Å². The number of aromatic nitrogens is 1. The highest BCUT2D eigenvalue weighted by atomic mass is 19.3. The van der Waals surface area contributed by atoms with Crippen molar-refractivity contribution in [2.24, 2.45) is 5.41 Å². The molecule has 2 heterocycles. The second-order valence-electron chi connectivity index (χ2n) is 5.96. The van der Waals surface area contributed by atoms with Gasteiger partial charge in [0.2, 0.25) is 11.8 Å². The smallest absolute Gasteiger partial charge is 0.247 e. The number of carbonyl (C=O) groups is 1. The van der Waals surface area contributed by atoms with Crippen LogP contribution in [0.3, 0.4) is 0 Å². The fourth-order valence-electron chi connectivity index (χ4n) is 3.46. The van der Waals surface area contributed by atoms with E-state index in [-0.39, 0.29) is 25.2 Å². The molecule has 7 heteroatoms. The first kappa shape index (κ1) is 14.3. The number of carbonyl (C=O) groups excluding carboxylic acids is 1. The van der Waals surface area contributed by atoms with Gasteiger partial charge in [0.1, 0.15) is 11.6 Å². The Balaban J connectivity index is 1.87. The van der Waals surface area contributed by atoms with Crippen molar-refractivity contribution in [3.63, 3.8) is 0 Å². The minimum atomic E-state index is -2.98. The summed E-state index contributed by atoms with van der Waals surface area (Å²) in [4.78, 5) is 17.7. The van der Waals surface area contributed by atoms with Crippen molar-refractivity contribution in [1.29, 1.82) is 0 Å². The van der Waals surface area contributed by atoms with Gasteiger partial charge in [-0.1, -0.05) is 6.42 Å². The van der Waals surface area contributed by atoms with Crippen LogP contribution in [0.1, 0.15) is 25.7 Å². The number of rotatable bonds is 1. The monoisotopic (exact) mass is 298 g/mol. The van der Waals surface area contributed by atoms with E-state index in [1.807, 2.05) is 0 Å². The zero-order valence-electron chi connectivity index (χ0n) is 11.3. The summed E-state index contributed by atoms with van der Waals surface area (Å²) < 4.78 is 40.4. The second-order valence-corrected chi connectivity index (χ2v) is 5.96. The summed E-state index contributed by atoms with van der Waals surface area (Å²) in [5.74, 6) is -3.64. The van der Waals surface area contributed by atoms with Crippen molar-refractivity contribution in [2.45, 2.75) is 37.6 Å². The van der Waals surface area contributed by atoms with Crippen LogP contribution in [0.5, 0.6) is 0 Å². The predicted molar refractivity (Wildman–Crippen MR) is 70.5 cm³/mol. The average molecular weight is 298 g/mol. The normalized spacial score (nSPS) is 31.9. The zero-order valence-corrected chi connectivity index (χ0v) is 11.3. The van der Waals surface area contributed by atoms with Gasteiger partial charge in [0.15, 0.2) is 0 Å². The standard InChI is InChI=1S/C14H15F3N3O/c15-9-1-2-11(19-7-9)20-4-3-13(12(20)21)5-10(18)6-14(16,17)8-13/h1-2,7,10,18H,3-6,8H2/q-1. The van der Waals surface area contributed by atoms with Gasteiger partial charge in [-0.25, -0.2) is 18.2 Å². The Morgan fingerprint density at radius 1 is 1.33 bits per heavy atom. The van der Waals surface area contributed by atoms with Crippen LogP contribution in [0, 0.1) is 11.2 Å². The molecule has 0 aromatic carbocycles. The number of hydrogen-bond donors (Lipinski definition) is 0. The summed E-state index contributed by atoms with van der Waals surface area (Å²) in [6.07, 6.45) is 0.439. The third-order valence-corrected chi connectivity index (χ3v) is 4.28. The molecule has 1 aliphatic carbocycles. The third-order valence-electron chi connectivity index (χ3n) is 4.28. The van der Waals surface area contributed by atoms with E-state index in [2.05, 4.69) is 4.98 Å². The van der Waals surface area contributed by atoms with Crippen molar-refractivity contribution < 1.29 is 18.0 Å². The van der Waals surface area contributed by atoms with Gasteiger partial charge in [0, 0.05) is 13.0 Å². The number of anilines is 1. The van der Waals surface area contributed by atoms with Gasteiger partial charge in [0.25, 0.3) is 0 Å². The topological polar surface area (TPSA) is 57.0 Å². The maximum absolute atomic E-state index is 13.8. The molecule has 1 saturated carbocycles. The van der Waals surface area contributed by atoms with E-state index in [1.165, 1.54) is 17.0 Å². The first-order valence-electron chi connectivity index (χ1n) is 6.84. The molecule has 114 valence electrons. The Hall–Kier alpha value is -1.63. The largest absolute Gasteiger partial charge is 0.674 e. The van der Waals surface area contributed by atoms with Gasteiger partial charge >= 0.3 is 0 Å². The molecule has 1 saturated heterocycles. The van der Waals surface area contributed by atoms with Crippen LogP contribution in [0.2, 0.25) is 0 Å². The zero-order chi connectivity index (χ0) is 15.3. The Morgan fingerprint density at radius 3 is 2.71 bits per heavy atom. The predicted octanol–water partition coefficient (Wildman–Crippen LogP) is 3.18. The second kappa shape index (κ2) is 4.69. The van der Waals surface area contributed by atoms with Crippen LogP contribution in [-0.4, -0.2) is 29.4 Å². The SMILES string of the molecule is [NH-]C1CC(F)(F)CC2(CCN(c3ccc(F)cn3)C2=O)C1. The van der Waals surface area contributed by atoms with Crippen LogP contribution in [-0.2, 0) is 4.79 Å². The molecule has 1 aromatic rings. The van der Waals surface area contributed by atoms with E-state index < -0.39 is 41.9 Å². The summed E-state index contributed by atoms with van der Waals surface area (Å²) >= 11 is 0. The third kappa shape index (κ3) is 2.50. The molecule has 1 N–H and O–H groups in total. The van der Waals surface area contributed by atoms with E-state index in [0.29, 0.717) is 0 Å². The summed E-state index contributed by atoms with van der Waals surface area (Å²) in [5, 5.41) is 0. The Morgan fingerprint density at radius 2 is 2.10 bits per heavy atom. The molecule has 2 atom stereocenters. The number of alkyl halides is 2. The van der Waals surface area contributed by atoms with Crippen LogP contribution in [0.15, 0.2) is 18.3 Å². The van der Waals surface area contributed by atoms with E-state index in [1.54, 1.807) is 0 Å². The fourth-order valence-corrected chi connectivity index (χ4v) is 3.46. The molecule has 2 aliphatic rings. The fraction of sp³-hybridized carbons (Fsp3) is 0.571. The molecule has 1 aliphatic heterocycles. The minimum absolute atomic E-state index is 0.152. The summed E-state index contributed by atoms with van der Waals surface area (Å²) in [5.41, 5.74) is 6.51. The lowest BCUT2D eigenvalue weighted by Gasteiger charge is -2.42. The maximum atomic E-state index is 13.8. The summed E-state index contributed by atoms with van der Waals surface area (Å²) in [6, 6.07) is 1.62. The molecule has 1 aromatic heterocycles. The van der Waals surface area contributed by atoms with Gasteiger partial charge in [-0.3, -0.25) is 9.69 Å². The molecule has 0 radical (unpaired) electrons. The highest BCUT2D eigenvalue weighted by molar-refractivity contribution is 5.99. The lowest BCUT2D eigenvalue weighted by atomic mass is 9.69. The minimum Gasteiger partial charge on any atom is -0.674 e. The molecule has 4 nitrogen and oxygen atoms in total. The van der Waals surface area contributed by atoms with Gasteiger partial charge < -0.3 is 5.73 Å². The molecule has 2 fully saturated rings. The van der Waals surface area contributed by atoms with Gasteiger partial charge in [0.05, 0.1) is 11.6 Å². The van der Waals surface area contributed by atoms with E-state index in [9.17, 15) is 18.0 Å². The molecule has 0 bridgehead atoms. The van der Waals surface area contributed by atoms with Gasteiger partial charge in [-0.15, -0.1) is 6.04 Å². The number of pyridine rings is 1. The van der Waals surface area contributed by atoms with E-state index in [0.717, 1.165) is 6.20 Å². The first-order valence-corrected chi connectivity index (χ1v) is 6.84. The van der Waals surface area contributed by atoms with Crippen molar-refractivity contribution in [1.82, 2.24) is 4.98 Å². The number of hydrogen-bond acceptors (Lipinski definition) is 2. The van der Waals surface area contributed by atoms with Crippen molar-refractivity contribution in [3.8, 4) is 0 Å². The molecule has 1 amide bonds. The molecule has 21 heavy (non-hydrogen) atoms. The Kier molecular flexibility index (Phi) is 3.20. The highest BCUT2D eigenvalue weighted by Crippen LogP contribution is 2.51. The van der Waals surface area contributed by atoms with Crippen LogP contribution in [0.25, 0.3) is 5.73 Å². The van der Waals surface area contributed by atoms with E-state index in [4.69, 9.17) is 5.73 Å². The van der Waals surface area contributed by atoms with Crippen molar-refractivity contribution in [2.75, 3.05) is 11.4 Å². The maximum Gasteiger partial charge on any atom is 0.247 e. The Bertz CT molecular complexity index is 563. The number of nitrogens with zero attached hydrogens (tertiary/aromatic N) is 2. The summed E-state index contributed by atoms with van der Waals surface area (Å²) in [7, 11) is 0. The molecule has 2 unspecified atom stereocenters. The molecular formula is C14H15F3N3O-. The highest BCUT2D eigenvalue weighted by Gasteiger charge is 2.55. The summed E-state index contributed by atoms with van der Waals surface area (Å²) in [6.45, 7) is 0.278. The number of nitrogens with one attached hydrogen (secondary N) is 1. The Labute approximate surface area is 120 Å². The molecular weight excluding hydrogens is 283 g/mol. The van der Waals surface area contributed by atoms with Gasteiger partial charge in [-0.05, 0) is 25.0 Å². The van der Waals surface area contributed by atoms with E-state index >= 15 is 0 Å². The van der Waals surface area contributed by atoms with Crippen LogP contribution >= 0.6 is 0 Å². The van der Waals surface area contributed by atoms with Crippen LogP contribution in [0.4, 0.5) is 19.0 Å². The van der Waals surface area contributed by atoms with Crippen molar-refractivity contribution >= 4 is 11.7 Å².